The molecular weight excluding hydrogens is 247 g/mol. The Balaban J connectivity index is 2.31. The van der Waals surface area contributed by atoms with Crippen LogP contribution in [-0.2, 0) is 0 Å². The molecule has 0 aromatic rings. The van der Waals surface area contributed by atoms with E-state index in [1.54, 1.807) is 6.07 Å². The Morgan fingerprint density at radius 1 is 1.33 bits per heavy atom. The molecule has 18 heavy (non-hydrogen) atoms. The van der Waals surface area contributed by atoms with Gasteiger partial charge in [-0.1, -0.05) is 0 Å². The average molecular weight is 259 g/mol. The summed E-state index contributed by atoms with van der Waals surface area (Å²) < 4.78 is 37.6. The van der Waals surface area contributed by atoms with E-state index in [2.05, 4.69) is 0 Å². The number of hydrogen-bond acceptors (Lipinski definition) is 4. The Morgan fingerprint density at radius 3 is 2.50 bits per heavy atom. The maximum Gasteiger partial charge on any atom is 0.401 e. The summed E-state index contributed by atoms with van der Waals surface area (Å²) >= 11 is 0. The molecule has 0 saturated carbocycles. The highest BCUT2D eigenvalue weighted by atomic mass is 19.4. The number of aliphatic hydroxyl groups is 1. The topological polar surface area (TPSA) is 71.0 Å². The molecule has 3 atom stereocenters. The van der Waals surface area contributed by atoms with E-state index in [0.717, 1.165) is 4.90 Å². The van der Waals surface area contributed by atoms with Gasteiger partial charge < -0.3 is 5.11 Å². The van der Waals surface area contributed by atoms with E-state index < -0.39 is 29.9 Å². The third kappa shape index (κ3) is 2.05. The van der Waals surface area contributed by atoms with Gasteiger partial charge in [-0.3, -0.25) is 4.90 Å². The highest BCUT2D eigenvalue weighted by molar-refractivity contribution is 5.24. The van der Waals surface area contributed by atoms with Crippen molar-refractivity contribution in [1.82, 2.24) is 4.90 Å². The highest BCUT2D eigenvalue weighted by Gasteiger charge is 2.59. The number of nitrogens with zero attached hydrogens (tertiary/aromatic N) is 3. The van der Waals surface area contributed by atoms with Crippen molar-refractivity contribution in [2.24, 2.45) is 0 Å². The standard InChI is InChI=1S/C11H12F3N3O/c12-11(13,14)7-17-8-1-2-9(17,5-15)4-10(18,3-8)6-16/h8,18H,1-4,7H2. The minimum absolute atomic E-state index is 0.0248. The van der Waals surface area contributed by atoms with Gasteiger partial charge in [0.15, 0.2) is 5.60 Å². The van der Waals surface area contributed by atoms with E-state index in [1.165, 1.54) is 0 Å². The molecule has 2 bridgehead atoms. The zero-order valence-electron chi connectivity index (χ0n) is 9.54. The van der Waals surface area contributed by atoms with Crippen LogP contribution >= 0.6 is 0 Å². The molecule has 0 amide bonds. The van der Waals surface area contributed by atoms with Crippen molar-refractivity contribution in [2.75, 3.05) is 6.54 Å². The van der Waals surface area contributed by atoms with Crippen molar-refractivity contribution in [3.05, 3.63) is 0 Å². The van der Waals surface area contributed by atoms with Crippen LogP contribution in [0.5, 0.6) is 0 Å². The van der Waals surface area contributed by atoms with Gasteiger partial charge in [-0.15, -0.1) is 0 Å². The maximum atomic E-state index is 12.5. The second kappa shape index (κ2) is 3.84. The predicted molar refractivity (Wildman–Crippen MR) is 53.9 cm³/mol. The van der Waals surface area contributed by atoms with Crippen molar-refractivity contribution >= 4 is 0 Å². The fourth-order valence-electron chi connectivity index (χ4n) is 3.12. The van der Waals surface area contributed by atoms with Crippen LogP contribution in [0.1, 0.15) is 25.7 Å². The highest BCUT2D eigenvalue weighted by Crippen LogP contribution is 2.48. The molecule has 1 N–H and O–H groups in total. The lowest BCUT2D eigenvalue weighted by molar-refractivity contribution is -0.168. The van der Waals surface area contributed by atoms with Gasteiger partial charge in [0.25, 0.3) is 0 Å². The summed E-state index contributed by atoms with van der Waals surface area (Å²) in [6, 6.07) is 3.05. The fraction of sp³-hybridized carbons (Fsp3) is 0.818. The molecule has 2 rings (SSSR count). The van der Waals surface area contributed by atoms with E-state index in [1.807, 2.05) is 6.07 Å². The second-order valence-corrected chi connectivity index (χ2v) is 5.10. The number of piperidine rings is 1. The minimum atomic E-state index is -4.38. The lowest BCUT2D eigenvalue weighted by atomic mass is 9.80. The van der Waals surface area contributed by atoms with Crippen molar-refractivity contribution in [3.8, 4) is 12.1 Å². The zero-order valence-corrected chi connectivity index (χ0v) is 9.54. The molecule has 0 aliphatic carbocycles. The van der Waals surface area contributed by atoms with E-state index in [4.69, 9.17) is 5.26 Å². The molecule has 4 nitrogen and oxygen atoms in total. The molecule has 98 valence electrons. The van der Waals surface area contributed by atoms with Gasteiger partial charge in [0.2, 0.25) is 0 Å². The Morgan fingerprint density at radius 2 is 2.00 bits per heavy atom. The van der Waals surface area contributed by atoms with Crippen LogP contribution in [-0.4, -0.2) is 39.9 Å². The van der Waals surface area contributed by atoms with Crippen molar-refractivity contribution in [2.45, 2.75) is 49.0 Å². The van der Waals surface area contributed by atoms with E-state index >= 15 is 0 Å². The van der Waals surface area contributed by atoms with Gasteiger partial charge in [-0.25, -0.2) is 0 Å². The molecule has 2 fully saturated rings. The van der Waals surface area contributed by atoms with Gasteiger partial charge >= 0.3 is 6.18 Å². The monoisotopic (exact) mass is 259 g/mol. The summed E-state index contributed by atoms with van der Waals surface area (Å²) in [7, 11) is 0. The molecule has 0 radical (unpaired) electrons. The Bertz CT molecular complexity index is 438. The molecule has 2 saturated heterocycles. The molecule has 0 spiro atoms. The first-order valence-corrected chi connectivity index (χ1v) is 5.62. The largest absolute Gasteiger partial charge is 0.401 e. The summed E-state index contributed by atoms with van der Waals surface area (Å²) in [4.78, 5) is 1.11. The van der Waals surface area contributed by atoms with E-state index in [9.17, 15) is 23.5 Å². The number of hydrogen-bond donors (Lipinski definition) is 1. The molecule has 2 heterocycles. The number of fused-ring (bicyclic) bond motifs is 2. The number of alkyl halides is 3. The number of nitriles is 2. The first kappa shape index (κ1) is 13.1. The smallest absolute Gasteiger partial charge is 0.375 e. The molecule has 0 aromatic heterocycles. The third-order valence-electron chi connectivity index (χ3n) is 3.81. The van der Waals surface area contributed by atoms with Gasteiger partial charge in [0.05, 0.1) is 18.7 Å². The van der Waals surface area contributed by atoms with Crippen molar-refractivity contribution < 1.29 is 18.3 Å². The zero-order chi connectivity index (χ0) is 13.6. The van der Waals surface area contributed by atoms with Crippen LogP contribution in [0.15, 0.2) is 0 Å². The first-order valence-electron chi connectivity index (χ1n) is 5.62. The van der Waals surface area contributed by atoms with Gasteiger partial charge in [0.1, 0.15) is 5.54 Å². The summed E-state index contributed by atoms with van der Waals surface area (Å²) in [6.07, 6.45) is -3.96. The van der Waals surface area contributed by atoms with Gasteiger partial charge in [-0.2, -0.15) is 23.7 Å². The Labute approximate surface area is 102 Å². The van der Waals surface area contributed by atoms with Crippen LogP contribution in [0.2, 0.25) is 0 Å². The SMILES string of the molecule is N#CC1(O)CC2CCC(C#N)(C1)N2CC(F)(F)F. The van der Waals surface area contributed by atoms with E-state index in [-0.39, 0.29) is 19.3 Å². The third-order valence-corrected chi connectivity index (χ3v) is 3.81. The quantitative estimate of drug-likeness (QED) is 0.721. The number of halogens is 3. The van der Waals surface area contributed by atoms with Crippen molar-refractivity contribution in [1.29, 1.82) is 10.5 Å². The summed E-state index contributed by atoms with van der Waals surface area (Å²) in [5.74, 6) is 0. The second-order valence-electron chi connectivity index (χ2n) is 5.10. The maximum absolute atomic E-state index is 12.5. The average Bonchev–Trinajstić information content (AvgIpc) is 2.49. The first-order chi connectivity index (χ1) is 8.24. The summed E-state index contributed by atoms with van der Waals surface area (Å²) in [5.41, 5.74) is -3.04. The number of rotatable bonds is 1. The van der Waals surface area contributed by atoms with Crippen LogP contribution in [0.4, 0.5) is 13.2 Å². The lowest BCUT2D eigenvalue weighted by Crippen LogP contribution is -2.59. The molecule has 3 unspecified atom stereocenters. The van der Waals surface area contributed by atoms with Gasteiger partial charge in [-0.05, 0) is 12.8 Å². The Kier molecular flexibility index (Phi) is 2.80. The van der Waals surface area contributed by atoms with Crippen LogP contribution < -0.4 is 0 Å². The van der Waals surface area contributed by atoms with Crippen LogP contribution in [0, 0.1) is 22.7 Å². The van der Waals surface area contributed by atoms with Crippen molar-refractivity contribution in [3.63, 3.8) is 0 Å². The van der Waals surface area contributed by atoms with E-state index in [0.29, 0.717) is 6.42 Å². The van der Waals surface area contributed by atoms with Crippen LogP contribution in [0.3, 0.4) is 0 Å². The van der Waals surface area contributed by atoms with Crippen LogP contribution in [0.25, 0.3) is 0 Å². The summed E-state index contributed by atoms with van der Waals surface area (Å²) in [6.45, 7) is -1.16. The Hall–Kier alpha value is -1.31. The molecule has 0 aromatic carbocycles. The lowest BCUT2D eigenvalue weighted by Gasteiger charge is -2.45. The molecular formula is C11H12F3N3O. The van der Waals surface area contributed by atoms with Gasteiger partial charge in [0, 0.05) is 18.9 Å². The summed E-state index contributed by atoms with van der Waals surface area (Å²) in [5, 5.41) is 28.0. The fourth-order valence-corrected chi connectivity index (χ4v) is 3.12. The normalized spacial score (nSPS) is 40.2. The minimum Gasteiger partial charge on any atom is -0.375 e. The molecule has 2 aliphatic rings. The predicted octanol–water partition coefficient (Wildman–Crippen LogP) is 1.32. The molecule has 7 heteroatoms. The molecule has 2 aliphatic heterocycles.